The van der Waals surface area contributed by atoms with Crippen LogP contribution in [0.15, 0.2) is 24.3 Å². The van der Waals surface area contributed by atoms with Crippen molar-refractivity contribution in [3.8, 4) is 5.75 Å². The van der Waals surface area contributed by atoms with Crippen LogP contribution in [0.2, 0.25) is 0 Å². The number of thioether (sulfide) groups is 1. The van der Waals surface area contributed by atoms with E-state index in [1.807, 2.05) is 23.9 Å². The van der Waals surface area contributed by atoms with Crippen molar-refractivity contribution >= 4 is 34.8 Å². The summed E-state index contributed by atoms with van der Waals surface area (Å²) < 4.78 is 5.30. The lowest BCUT2D eigenvalue weighted by Crippen LogP contribution is -2.51. The molecule has 22 heavy (non-hydrogen) atoms. The van der Waals surface area contributed by atoms with Crippen molar-refractivity contribution in [3.05, 3.63) is 24.3 Å². The van der Waals surface area contributed by atoms with E-state index in [9.17, 15) is 0 Å². The van der Waals surface area contributed by atoms with Gasteiger partial charge in [-0.2, -0.15) is 11.8 Å². The first kappa shape index (κ1) is 17.2. The predicted octanol–water partition coefficient (Wildman–Crippen LogP) is 2.44. The molecule has 6 heteroatoms. The first-order valence-electron chi connectivity index (χ1n) is 7.65. The van der Waals surface area contributed by atoms with Gasteiger partial charge in [0.25, 0.3) is 0 Å². The number of methoxy groups -OCH3 is 1. The summed E-state index contributed by atoms with van der Waals surface area (Å²) in [5.41, 5.74) is 1.22. The average molecular weight is 340 g/mol. The van der Waals surface area contributed by atoms with Crippen molar-refractivity contribution in [2.75, 3.05) is 56.7 Å². The summed E-state index contributed by atoms with van der Waals surface area (Å²) in [6.07, 6.45) is 3.29. The minimum Gasteiger partial charge on any atom is -0.497 e. The maximum Gasteiger partial charge on any atom is 0.169 e. The molecule has 0 unspecified atom stereocenters. The van der Waals surface area contributed by atoms with E-state index in [-0.39, 0.29) is 0 Å². The molecule has 1 aromatic rings. The standard InChI is InChI=1S/C16H25N3OS2/c1-20-15-6-3-5-14(13-15)18-8-10-19(11-9-18)16(21)17-7-4-12-22-2/h3,5-6,13H,4,7-12H2,1-2H3,(H,17,21). The first-order chi connectivity index (χ1) is 10.7. The summed E-state index contributed by atoms with van der Waals surface area (Å²) in [6.45, 7) is 4.87. The Hall–Kier alpha value is -1.14. The minimum absolute atomic E-state index is 0.895. The second-order valence-electron chi connectivity index (χ2n) is 5.25. The number of benzene rings is 1. The van der Waals surface area contributed by atoms with Crippen LogP contribution < -0.4 is 15.0 Å². The van der Waals surface area contributed by atoms with Gasteiger partial charge in [-0.05, 0) is 42.8 Å². The van der Waals surface area contributed by atoms with E-state index in [2.05, 4.69) is 33.5 Å². The summed E-state index contributed by atoms with van der Waals surface area (Å²) >= 11 is 7.36. The lowest BCUT2D eigenvalue weighted by atomic mass is 10.2. The highest BCUT2D eigenvalue weighted by atomic mass is 32.2. The van der Waals surface area contributed by atoms with E-state index in [1.165, 1.54) is 11.4 Å². The number of ether oxygens (including phenoxy) is 1. The van der Waals surface area contributed by atoms with Crippen LogP contribution in [0.5, 0.6) is 5.75 Å². The number of thiocarbonyl (C=S) groups is 1. The van der Waals surface area contributed by atoms with Crippen LogP contribution in [-0.4, -0.2) is 61.9 Å². The van der Waals surface area contributed by atoms with Gasteiger partial charge in [0.05, 0.1) is 7.11 Å². The Morgan fingerprint density at radius 1 is 1.32 bits per heavy atom. The maximum absolute atomic E-state index is 5.49. The van der Waals surface area contributed by atoms with Gasteiger partial charge in [-0.1, -0.05) is 6.07 Å². The van der Waals surface area contributed by atoms with Crippen molar-refractivity contribution in [2.45, 2.75) is 6.42 Å². The summed E-state index contributed by atoms with van der Waals surface area (Å²) in [5, 5.41) is 4.26. The Morgan fingerprint density at radius 2 is 2.09 bits per heavy atom. The molecular formula is C16H25N3OS2. The molecule has 122 valence electrons. The highest BCUT2D eigenvalue weighted by molar-refractivity contribution is 7.98. The number of rotatable bonds is 6. The summed E-state index contributed by atoms with van der Waals surface area (Å²) in [5.74, 6) is 2.09. The molecule has 0 saturated carbocycles. The molecule has 0 spiro atoms. The maximum atomic E-state index is 5.49. The molecule has 1 aromatic carbocycles. The number of nitrogens with zero attached hydrogens (tertiary/aromatic N) is 2. The molecule has 1 saturated heterocycles. The number of hydrogen-bond acceptors (Lipinski definition) is 4. The third-order valence-corrected chi connectivity index (χ3v) is 4.89. The molecular weight excluding hydrogens is 314 g/mol. The molecule has 0 radical (unpaired) electrons. The molecule has 0 bridgehead atoms. The van der Waals surface area contributed by atoms with Crippen LogP contribution in [0.25, 0.3) is 0 Å². The van der Waals surface area contributed by atoms with E-state index in [4.69, 9.17) is 17.0 Å². The van der Waals surface area contributed by atoms with Gasteiger partial charge in [0.1, 0.15) is 5.75 Å². The van der Waals surface area contributed by atoms with Crippen molar-refractivity contribution in [1.29, 1.82) is 0 Å². The quantitative estimate of drug-likeness (QED) is 0.632. The van der Waals surface area contributed by atoms with E-state index in [0.29, 0.717) is 0 Å². The largest absolute Gasteiger partial charge is 0.497 e. The molecule has 0 amide bonds. The summed E-state index contributed by atoms with van der Waals surface area (Å²) in [4.78, 5) is 4.65. The fourth-order valence-corrected chi connectivity index (χ4v) is 3.22. The zero-order valence-electron chi connectivity index (χ0n) is 13.4. The molecule has 0 aromatic heterocycles. The normalized spacial score (nSPS) is 14.8. The van der Waals surface area contributed by atoms with Gasteiger partial charge in [0.15, 0.2) is 5.11 Å². The zero-order valence-corrected chi connectivity index (χ0v) is 15.0. The highest BCUT2D eigenvalue weighted by Gasteiger charge is 2.19. The minimum atomic E-state index is 0.895. The van der Waals surface area contributed by atoms with Gasteiger partial charge in [-0.3, -0.25) is 0 Å². The third kappa shape index (κ3) is 4.95. The van der Waals surface area contributed by atoms with Gasteiger partial charge >= 0.3 is 0 Å². The van der Waals surface area contributed by atoms with Crippen molar-refractivity contribution in [3.63, 3.8) is 0 Å². The first-order valence-corrected chi connectivity index (χ1v) is 9.45. The Kier molecular flexibility index (Phi) is 7.12. The Labute approximate surface area is 143 Å². The Bertz CT molecular complexity index is 476. The molecule has 4 nitrogen and oxygen atoms in total. The average Bonchev–Trinajstić information content (AvgIpc) is 2.59. The van der Waals surface area contributed by atoms with Crippen LogP contribution >= 0.6 is 24.0 Å². The van der Waals surface area contributed by atoms with Gasteiger partial charge < -0.3 is 19.9 Å². The van der Waals surface area contributed by atoms with Crippen LogP contribution in [-0.2, 0) is 0 Å². The summed E-state index contributed by atoms with van der Waals surface area (Å²) in [6, 6.07) is 8.25. The van der Waals surface area contributed by atoms with Crippen LogP contribution in [0.1, 0.15) is 6.42 Å². The van der Waals surface area contributed by atoms with Gasteiger partial charge in [-0.15, -0.1) is 0 Å². The second-order valence-corrected chi connectivity index (χ2v) is 6.63. The lowest BCUT2D eigenvalue weighted by molar-refractivity contribution is 0.379. The number of nitrogens with one attached hydrogen (secondary N) is 1. The van der Waals surface area contributed by atoms with E-state index in [0.717, 1.165) is 50.0 Å². The molecule has 1 N–H and O–H groups in total. The Morgan fingerprint density at radius 3 is 2.77 bits per heavy atom. The number of piperazine rings is 1. The zero-order chi connectivity index (χ0) is 15.8. The van der Waals surface area contributed by atoms with Crippen molar-refractivity contribution < 1.29 is 4.74 Å². The molecule has 1 heterocycles. The molecule has 0 aliphatic carbocycles. The van der Waals surface area contributed by atoms with Gasteiger partial charge in [0.2, 0.25) is 0 Å². The van der Waals surface area contributed by atoms with Gasteiger partial charge in [0, 0.05) is 44.5 Å². The lowest BCUT2D eigenvalue weighted by Gasteiger charge is -2.37. The fourth-order valence-electron chi connectivity index (χ4n) is 2.50. The van der Waals surface area contributed by atoms with Crippen LogP contribution in [0.4, 0.5) is 5.69 Å². The monoisotopic (exact) mass is 339 g/mol. The van der Waals surface area contributed by atoms with Crippen LogP contribution in [0.3, 0.4) is 0 Å². The van der Waals surface area contributed by atoms with Crippen LogP contribution in [0, 0.1) is 0 Å². The van der Waals surface area contributed by atoms with E-state index >= 15 is 0 Å². The fraction of sp³-hybridized carbons (Fsp3) is 0.562. The Balaban J connectivity index is 1.78. The predicted molar refractivity (Wildman–Crippen MR) is 100 cm³/mol. The van der Waals surface area contributed by atoms with Gasteiger partial charge in [-0.25, -0.2) is 0 Å². The topological polar surface area (TPSA) is 27.7 Å². The number of anilines is 1. The molecule has 1 aliphatic rings. The highest BCUT2D eigenvalue weighted by Crippen LogP contribution is 2.22. The van der Waals surface area contributed by atoms with E-state index in [1.54, 1.807) is 7.11 Å². The van der Waals surface area contributed by atoms with Crippen molar-refractivity contribution in [2.24, 2.45) is 0 Å². The van der Waals surface area contributed by atoms with E-state index < -0.39 is 0 Å². The third-order valence-electron chi connectivity index (χ3n) is 3.79. The molecule has 1 fully saturated rings. The second kappa shape index (κ2) is 9.10. The molecule has 0 atom stereocenters. The SMILES string of the molecule is COc1cccc(N2CCN(C(=S)NCCCSC)CC2)c1. The summed E-state index contributed by atoms with van der Waals surface area (Å²) in [7, 11) is 1.71. The smallest absolute Gasteiger partial charge is 0.169 e. The number of hydrogen-bond donors (Lipinski definition) is 1. The van der Waals surface area contributed by atoms with Crippen molar-refractivity contribution in [1.82, 2.24) is 10.2 Å². The molecule has 1 aliphatic heterocycles. The molecule has 2 rings (SSSR count).